The number of nitrogens with zero attached hydrogens (tertiary/aromatic N) is 8. The molecule has 0 radical (unpaired) electrons. The molecule has 9 aromatic heterocycles. The van der Waals surface area contributed by atoms with Crippen molar-refractivity contribution in [1.29, 1.82) is 0 Å². The van der Waals surface area contributed by atoms with Crippen LogP contribution in [0.15, 0.2) is 240 Å². The number of rotatable bonds is 1. The largest absolute Gasteiger partial charge is 3.00 e. The van der Waals surface area contributed by atoms with E-state index >= 15 is 0 Å². The topological polar surface area (TPSA) is 121 Å². The van der Waals surface area contributed by atoms with Crippen LogP contribution in [0, 0.1) is 64.1 Å². The summed E-state index contributed by atoms with van der Waals surface area (Å²) in [7, 11) is 0. The number of fused-ring (bicyclic) bond motifs is 10. The quantitative estimate of drug-likeness (QED) is 0.148. The molecule has 133 heavy (non-hydrogen) atoms. The Balaban J connectivity index is 0.000000192. The minimum atomic E-state index is 0. The molecule has 0 amide bonds. The summed E-state index contributed by atoms with van der Waals surface area (Å²) in [6.45, 7) is 8.68. The average Bonchev–Trinajstić information content (AvgIpc) is 1.60. The van der Waals surface area contributed by atoms with Gasteiger partial charge in [0.1, 0.15) is 5.58 Å². The van der Waals surface area contributed by atoms with E-state index < -0.39 is 0 Å². The Bertz CT molecular complexity index is 6570. The van der Waals surface area contributed by atoms with Crippen LogP contribution in [0.4, 0.5) is 0 Å². The van der Waals surface area contributed by atoms with Gasteiger partial charge in [-0.05, 0) is 190 Å². The zero-order valence-electron chi connectivity index (χ0n) is 78.0. The fraction of sp³-hybridized carbons (Fsp3) is 0.331. The Kier molecular flexibility index (Phi) is 33.6. The van der Waals surface area contributed by atoms with E-state index in [4.69, 9.17) is 43.7 Å². The van der Waals surface area contributed by atoms with Gasteiger partial charge in [-0.2, -0.15) is 0 Å². The molecule has 0 atom stereocenters. The van der Waals surface area contributed by atoms with Gasteiger partial charge in [0, 0.05) is 65.0 Å². The molecule has 12 aliphatic heterocycles. The van der Waals surface area contributed by atoms with Crippen molar-refractivity contribution >= 4 is 44.0 Å². The SMILES string of the molecule is Cc1cc(C)c(-n2c3cnc2-c2[c-]cc(cc2)CCCCCCc2ccc(nc2)-c2[c-]cc(cc2)CCCCCCc2ccc(nc2)-c2[c-]cc(cc2)CCCCCC3)c(C)c1.Cc1ccc2c(n1)oc1c3[c-]cc(c12)CCCCCCc1ccc(nc1)-c1[c-]cc(c2c1oc1ccccc12)CCCCCCc1ccc(nc1)-c1[c-]cc(cc1)CCCCCCc1ccc-3nc1.[Ir+3].[Ir+3]. The summed E-state index contributed by atoms with van der Waals surface area (Å²) in [4.78, 5) is 34.3. The Morgan fingerprint density at radius 2 is 0.632 bits per heavy atom. The van der Waals surface area contributed by atoms with Crippen LogP contribution >= 0.6 is 0 Å². The summed E-state index contributed by atoms with van der Waals surface area (Å²) in [5, 5.41) is 4.57. The first-order chi connectivity index (χ1) is 64.6. The smallest absolute Gasteiger partial charge is 0.501 e. The van der Waals surface area contributed by atoms with Gasteiger partial charge in [-0.25, -0.2) is 4.98 Å². The molecule has 676 valence electrons. The van der Waals surface area contributed by atoms with Crippen molar-refractivity contribution in [2.75, 3.05) is 0 Å². The van der Waals surface area contributed by atoms with Crippen LogP contribution in [0.3, 0.4) is 0 Å². The molecule has 21 heterocycles. The molecule has 0 N–H and O–H groups in total. The molecule has 8 aromatic carbocycles. The summed E-state index contributed by atoms with van der Waals surface area (Å²) < 4.78 is 15.6. The van der Waals surface area contributed by atoms with Crippen LogP contribution in [0.5, 0.6) is 0 Å². The van der Waals surface area contributed by atoms with Gasteiger partial charge in [0.25, 0.3) is 0 Å². The number of hydrogen-bond donors (Lipinski definition) is 0. The molecule has 24 bridgehead atoms. The molecule has 10 nitrogen and oxygen atoms in total. The first-order valence-corrected chi connectivity index (χ1v) is 49.1. The van der Waals surface area contributed by atoms with E-state index in [9.17, 15) is 0 Å². The molecule has 15 aliphatic rings. The molecular weight excluding hydrogens is 1980 g/mol. The minimum Gasteiger partial charge on any atom is -0.501 e. The average molecular weight is 2100 g/mol. The summed E-state index contributed by atoms with van der Waals surface area (Å²) >= 11 is 0. The maximum absolute atomic E-state index is 6.58. The molecule has 0 saturated heterocycles. The van der Waals surface area contributed by atoms with E-state index in [0.717, 1.165) is 235 Å². The van der Waals surface area contributed by atoms with Crippen LogP contribution in [0.25, 0.3) is 117 Å². The van der Waals surface area contributed by atoms with Crippen molar-refractivity contribution in [3.05, 3.63) is 357 Å². The fourth-order valence-electron chi connectivity index (χ4n) is 19.7. The number of pyridine rings is 6. The Labute approximate surface area is 815 Å². The molecule has 17 aromatic rings. The van der Waals surface area contributed by atoms with Crippen LogP contribution in [0.2, 0.25) is 0 Å². The predicted octanol–water partition coefficient (Wildman–Crippen LogP) is 30.5. The zero-order valence-corrected chi connectivity index (χ0v) is 82.7. The van der Waals surface area contributed by atoms with Gasteiger partial charge < -0.3 is 38.3 Å². The number of para-hydroxylation sites is 1. The van der Waals surface area contributed by atoms with Gasteiger partial charge in [-0.3, -0.25) is 4.98 Å². The first kappa shape index (κ1) is 94.9. The van der Waals surface area contributed by atoms with Gasteiger partial charge in [-0.1, -0.05) is 273 Å². The molecule has 3 aliphatic carbocycles. The summed E-state index contributed by atoms with van der Waals surface area (Å²) in [5.41, 5.74) is 35.9. The number of aromatic nitrogens is 8. The van der Waals surface area contributed by atoms with Crippen LogP contribution < -0.4 is 0 Å². The predicted molar refractivity (Wildman–Crippen MR) is 537 cm³/mol. The molecule has 0 fully saturated rings. The van der Waals surface area contributed by atoms with E-state index in [1.807, 2.05) is 19.3 Å². The standard InChI is InChI=1S/C63H59N4O2.C58H63N4.2Ir/c1-43-24-34-54-60-50-21-13-7-5-11-19-47-28-38-56(65-41-47)51-35-32-49(59-53-22-14-15-23-58(53)68-61(51)59)20-12-6-4-10-17-45-27-37-55(64-40-45)48-30-25-44(26-31-48)16-8-2-3-9-18-46-29-39-57(66-42-46)52(36-33-50)62(60)69-63(54)67-43;1-43-38-44(2)57(45(3)39-43)62-54-21-15-9-8-12-17-47-24-32-52(33-25-47)56-37-28-49(40-60-56)19-13-6-4-10-16-46-22-30-51(31-23-46)55-36-29-50(41-59-55)20-14-7-5-11-18-48-26-34-53(35-27-48)58(62)61-42-54;;/h14-15,22-30,32-34,37-42H,2-13,16-21H2,1H3;22-30,32,34,36-42H,4-21H2,1-3H3;;/q2*-3;2*+3. The molecule has 0 spiro atoms. The second-order valence-corrected chi connectivity index (χ2v) is 37.1. The first-order valence-electron chi connectivity index (χ1n) is 49.1. The number of furan rings is 2. The maximum Gasteiger partial charge on any atom is 3.00 e. The monoisotopic (exact) mass is 2100 g/mol. The Hall–Kier alpha value is -11.2. The van der Waals surface area contributed by atoms with Gasteiger partial charge in [0.15, 0.2) is 0 Å². The number of benzene rings is 8. The van der Waals surface area contributed by atoms with Gasteiger partial charge in [0.05, 0.1) is 17.0 Å². The summed E-state index contributed by atoms with van der Waals surface area (Å²) in [5.74, 6) is 0.987. The van der Waals surface area contributed by atoms with Gasteiger partial charge >= 0.3 is 40.2 Å². The van der Waals surface area contributed by atoms with Gasteiger partial charge in [-0.15, -0.1) is 177 Å². The number of imidazole rings is 1. The number of hydrogen-bond acceptors (Lipinski definition) is 9. The third-order valence-corrected chi connectivity index (χ3v) is 27.1. The van der Waals surface area contributed by atoms with E-state index in [1.54, 1.807) is 0 Å². The van der Waals surface area contributed by atoms with E-state index in [1.165, 1.54) is 197 Å². The van der Waals surface area contributed by atoms with Crippen molar-refractivity contribution in [2.24, 2.45) is 0 Å². The van der Waals surface area contributed by atoms with Crippen LogP contribution in [0.1, 0.15) is 243 Å². The Morgan fingerprint density at radius 1 is 0.286 bits per heavy atom. The van der Waals surface area contributed by atoms with Crippen LogP contribution in [-0.2, 0) is 117 Å². The molecule has 32 rings (SSSR count). The van der Waals surface area contributed by atoms with E-state index in [0.29, 0.717) is 5.71 Å². The third-order valence-electron chi connectivity index (χ3n) is 27.1. The summed E-state index contributed by atoms with van der Waals surface area (Å²) in [6.07, 6.45) is 53.2. The zero-order chi connectivity index (χ0) is 88.9. The van der Waals surface area contributed by atoms with Crippen molar-refractivity contribution in [1.82, 2.24) is 39.5 Å². The van der Waals surface area contributed by atoms with E-state index in [2.05, 4.69) is 281 Å². The fourth-order valence-corrected chi connectivity index (χ4v) is 19.7. The number of aryl methyl sites for hydroxylation is 16. The van der Waals surface area contributed by atoms with Crippen LogP contribution in [-0.4, -0.2) is 39.5 Å². The second kappa shape index (κ2) is 47.1. The van der Waals surface area contributed by atoms with Gasteiger partial charge in [0.2, 0.25) is 5.71 Å². The normalized spacial score (nSPS) is 14.9. The maximum atomic E-state index is 6.58. The molecule has 0 unspecified atom stereocenters. The second-order valence-electron chi connectivity index (χ2n) is 37.1. The molecule has 12 heteroatoms. The van der Waals surface area contributed by atoms with Crippen molar-refractivity contribution in [2.45, 2.75) is 259 Å². The van der Waals surface area contributed by atoms with Crippen molar-refractivity contribution < 1.29 is 49.0 Å². The van der Waals surface area contributed by atoms with E-state index in [-0.39, 0.29) is 40.2 Å². The third kappa shape index (κ3) is 24.5. The van der Waals surface area contributed by atoms with Crippen molar-refractivity contribution in [3.63, 3.8) is 0 Å². The Morgan fingerprint density at radius 3 is 1.02 bits per heavy atom. The van der Waals surface area contributed by atoms with Crippen molar-refractivity contribution in [3.8, 4) is 73.4 Å². The molecular formula is C121H122Ir2N8O2. The minimum absolute atomic E-state index is 0. The molecule has 0 saturated carbocycles. The summed E-state index contributed by atoms with van der Waals surface area (Å²) in [6, 6.07) is 91.5.